The number of hydrogen-bond donors (Lipinski definition) is 0. The van der Waals surface area contributed by atoms with Gasteiger partial charge in [0.15, 0.2) is 0 Å². The zero-order chi connectivity index (χ0) is 13.7. The van der Waals surface area contributed by atoms with Gasteiger partial charge in [0.05, 0.1) is 0 Å². The van der Waals surface area contributed by atoms with Crippen LogP contribution in [0.3, 0.4) is 0 Å². The maximum atomic E-state index is 5.18. The third kappa shape index (κ3) is 8.06. The standard InChI is InChI=1S/C15H32O3/c1-5-15(9-6-12-16-2,10-7-13-17-3)11-8-14-18-4/h5-14H2,1-4H3. The van der Waals surface area contributed by atoms with E-state index in [-0.39, 0.29) is 0 Å². The van der Waals surface area contributed by atoms with Crippen molar-refractivity contribution in [3.63, 3.8) is 0 Å². The van der Waals surface area contributed by atoms with Gasteiger partial charge in [0.25, 0.3) is 0 Å². The number of rotatable bonds is 13. The molecule has 0 aliphatic rings. The van der Waals surface area contributed by atoms with Gasteiger partial charge in [-0.2, -0.15) is 0 Å². The van der Waals surface area contributed by atoms with E-state index in [1.54, 1.807) is 21.3 Å². The van der Waals surface area contributed by atoms with E-state index in [1.165, 1.54) is 25.7 Å². The van der Waals surface area contributed by atoms with Gasteiger partial charge < -0.3 is 14.2 Å². The third-order valence-corrected chi connectivity index (χ3v) is 3.92. The van der Waals surface area contributed by atoms with Crippen LogP contribution in [0.2, 0.25) is 0 Å². The first-order valence-electron chi connectivity index (χ1n) is 7.21. The van der Waals surface area contributed by atoms with Crippen molar-refractivity contribution in [3.05, 3.63) is 0 Å². The molecule has 0 heterocycles. The second kappa shape index (κ2) is 11.9. The lowest BCUT2D eigenvalue weighted by molar-refractivity contribution is 0.112. The molecule has 110 valence electrons. The summed E-state index contributed by atoms with van der Waals surface area (Å²) in [6.07, 6.45) is 8.48. The lowest BCUT2D eigenvalue weighted by Gasteiger charge is -2.33. The molecule has 0 spiro atoms. The van der Waals surface area contributed by atoms with E-state index in [9.17, 15) is 0 Å². The Morgan fingerprint density at radius 1 is 0.667 bits per heavy atom. The Hall–Kier alpha value is -0.120. The van der Waals surface area contributed by atoms with Gasteiger partial charge >= 0.3 is 0 Å². The van der Waals surface area contributed by atoms with Crippen molar-refractivity contribution >= 4 is 0 Å². The lowest BCUT2D eigenvalue weighted by atomic mass is 9.73. The summed E-state index contributed by atoms with van der Waals surface area (Å²) < 4.78 is 15.6. The van der Waals surface area contributed by atoms with E-state index in [1.807, 2.05) is 0 Å². The van der Waals surface area contributed by atoms with Crippen molar-refractivity contribution in [1.82, 2.24) is 0 Å². The fourth-order valence-corrected chi connectivity index (χ4v) is 2.68. The molecule has 3 heteroatoms. The van der Waals surface area contributed by atoms with Crippen molar-refractivity contribution in [2.45, 2.75) is 51.9 Å². The average Bonchev–Trinajstić information content (AvgIpc) is 2.39. The molecule has 0 aliphatic heterocycles. The first-order chi connectivity index (χ1) is 8.74. The van der Waals surface area contributed by atoms with E-state index >= 15 is 0 Å². The second-order valence-corrected chi connectivity index (χ2v) is 5.14. The van der Waals surface area contributed by atoms with Crippen LogP contribution in [-0.2, 0) is 14.2 Å². The molecule has 0 N–H and O–H groups in total. The third-order valence-electron chi connectivity index (χ3n) is 3.92. The van der Waals surface area contributed by atoms with Gasteiger partial charge in [-0.3, -0.25) is 0 Å². The molecule has 0 fully saturated rings. The van der Waals surface area contributed by atoms with Gasteiger partial charge in [-0.15, -0.1) is 0 Å². The topological polar surface area (TPSA) is 27.7 Å². The molecule has 0 amide bonds. The monoisotopic (exact) mass is 260 g/mol. The van der Waals surface area contributed by atoms with E-state index < -0.39 is 0 Å². The molecule has 0 rings (SSSR count). The van der Waals surface area contributed by atoms with Gasteiger partial charge in [0, 0.05) is 41.2 Å². The lowest BCUT2D eigenvalue weighted by Crippen LogP contribution is -2.22. The first kappa shape index (κ1) is 17.9. The minimum atomic E-state index is 0.454. The van der Waals surface area contributed by atoms with Crippen LogP contribution in [-0.4, -0.2) is 41.2 Å². The maximum Gasteiger partial charge on any atom is 0.0462 e. The quantitative estimate of drug-likeness (QED) is 0.473. The Kier molecular flexibility index (Phi) is 11.9. The van der Waals surface area contributed by atoms with E-state index in [4.69, 9.17) is 14.2 Å². The Balaban J connectivity index is 4.20. The fraction of sp³-hybridized carbons (Fsp3) is 1.00. The molecule has 0 saturated carbocycles. The van der Waals surface area contributed by atoms with Crippen LogP contribution in [0.25, 0.3) is 0 Å². The summed E-state index contributed by atoms with van der Waals surface area (Å²) in [5, 5.41) is 0. The predicted octanol–water partition coefficient (Wildman–Crippen LogP) is 3.66. The SMILES string of the molecule is CCC(CCCOC)(CCCOC)CCCOC. The second-order valence-electron chi connectivity index (χ2n) is 5.14. The Morgan fingerprint density at radius 2 is 1.00 bits per heavy atom. The molecule has 0 aromatic carbocycles. The van der Waals surface area contributed by atoms with Crippen LogP contribution in [0.15, 0.2) is 0 Å². The highest BCUT2D eigenvalue weighted by Gasteiger charge is 2.26. The van der Waals surface area contributed by atoms with Gasteiger partial charge in [-0.1, -0.05) is 13.3 Å². The molecule has 18 heavy (non-hydrogen) atoms. The molecular weight excluding hydrogens is 228 g/mol. The highest BCUT2D eigenvalue weighted by atomic mass is 16.5. The summed E-state index contributed by atoms with van der Waals surface area (Å²) in [4.78, 5) is 0. The molecule has 0 unspecified atom stereocenters. The van der Waals surface area contributed by atoms with Crippen LogP contribution in [0, 0.1) is 5.41 Å². The smallest absolute Gasteiger partial charge is 0.0462 e. The van der Waals surface area contributed by atoms with Crippen LogP contribution >= 0.6 is 0 Å². The normalized spacial score (nSPS) is 12.0. The Labute approximate surface area is 113 Å². The summed E-state index contributed by atoms with van der Waals surface area (Å²) in [6, 6.07) is 0. The Bertz CT molecular complexity index is 145. The number of ether oxygens (including phenoxy) is 3. The number of hydrogen-bond acceptors (Lipinski definition) is 3. The molecule has 0 saturated heterocycles. The van der Waals surface area contributed by atoms with Crippen molar-refractivity contribution in [2.24, 2.45) is 5.41 Å². The van der Waals surface area contributed by atoms with E-state index in [0.29, 0.717) is 5.41 Å². The minimum absolute atomic E-state index is 0.454. The van der Waals surface area contributed by atoms with Crippen LogP contribution in [0.1, 0.15) is 51.9 Å². The van der Waals surface area contributed by atoms with Crippen LogP contribution in [0.4, 0.5) is 0 Å². The van der Waals surface area contributed by atoms with Crippen molar-refractivity contribution in [3.8, 4) is 0 Å². The largest absolute Gasteiger partial charge is 0.385 e. The van der Waals surface area contributed by atoms with Crippen molar-refractivity contribution in [2.75, 3.05) is 41.2 Å². The summed E-state index contributed by atoms with van der Waals surface area (Å²) in [7, 11) is 5.34. The van der Waals surface area contributed by atoms with E-state index in [0.717, 1.165) is 39.1 Å². The molecule has 0 aromatic heterocycles. The predicted molar refractivity (Wildman–Crippen MR) is 76.1 cm³/mol. The summed E-state index contributed by atoms with van der Waals surface area (Å²) >= 11 is 0. The van der Waals surface area contributed by atoms with Gasteiger partial charge in [0.1, 0.15) is 0 Å². The molecule has 0 atom stereocenters. The summed E-state index contributed by atoms with van der Waals surface area (Å²) in [5.41, 5.74) is 0.454. The molecule has 3 nitrogen and oxygen atoms in total. The zero-order valence-electron chi connectivity index (χ0n) is 12.8. The van der Waals surface area contributed by atoms with Gasteiger partial charge in [-0.25, -0.2) is 0 Å². The molecule has 0 aliphatic carbocycles. The maximum absolute atomic E-state index is 5.18. The van der Waals surface area contributed by atoms with Crippen molar-refractivity contribution in [1.29, 1.82) is 0 Å². The van der Waals surface area contributed by atoms with Gasteiger partial charge in [0.2, 0.25) is 0 Å². The summed E-state index contributed by atoms with van der Waals surface area (Å²) in [6.45, 7) is 4.93. The highest BCUT2D eigenvalue weighted by molar-refractivity contribution is 4.78. The number of methoxy groups -OCH3 is 3. The fourth-order valence-electron chi connectivity index (χ4n) is 2.68. The zero-order valence-corrected chi connectivity index (χ0v) is 12.8. The van der Waals surface area contributed by atoms with Crippen LogP contribution in [0.5, 0.6) is 0 Å². The molecule has 0 aromatic rings. The minimum Gasteiger partial charge on any atom is -0.385 e. The van der Waals surface area contributed by atoms with Crippen molar-refractivity contribution < 1.29 is 14.2 Å². The molecular formula is C15H32O3. The summed E-state index contributed by atoms with van der Waals surface area (Å²) in [5.74, 6) is 0. The molecule has 0 radical (unpaired) electrons. The van der Waals surface area contributed by atoms with E-state index in [2.05, 4.69) is 6.92 Å². The average molecular weight is 260 g/mol. The molecule has 0 bridgehead atoms. The first-order valence-corrected chi connectivity index (χ1v) is 7.21. The Morgan fingerprint density at radius 3 is 1.22 bits per heavy atom. The highest BCUT2D eigenvalue weighted by Crippen LogP contribution is 2.38. The van der Waals surface area contributed by atoms with Gasteiger partial charge in [-0.05, 0) is 43.9 Å². The van der Waals surface area contributed by atoms with Crippen LogP contribution < -0.4 is 0 Å².